The number of benzene rings is 1. The largest absolute Gasteiger partial charge is 0.335 e. The predicted octanol–water partition coefficient (Wildman–Crippen LogP) is 3.28. The molecule has 1 heterocycles. The van der Waals surface area contributed by atoms with E-state index in [1.807, 2.05) is 29.2 Å². The van der Waals surface area contributed by atoms with E-state index in [0.717, 1.165) is 22.2 Å². The normalized spacial score (nSPS) is 19.1. The Labute approximate surface area is 135 Å². The summed E-state index contributed by atoms with van der Waals surface area (Å²) in [6.45, 7) is 6.07. The van der Waals surface area contributed by atoms with Crippen LogP contribution in [0.25, 0.3) is 0 Å². The van der Waals surface area contributed by atoms with Gasteiger partial charge >= 0.3 is 0 Å². The van der Waals surface area contributed by atoms with E-state index in [1.54, 1.807) is 0 Å². The Kier molecular flexibility index (Phi) is 5.84. The first-order valence-electron chi connectivity index (χ1n) is 7.38. The molecule has 4 heteroatoms. The average Bonchev–Trinajstić information content (AvgIpc) is 2.45. The van der Waals surface area contributed by atoms with Gasteiger partial charge in [0, 0.05) is 27.8 Å². The molecule has 2 rings (SSSR count). The van der Waals surface area contributed by atoms with Crippen LogP contribution in [-0.4, -0.2) is 36.0 Å². The molecular weight excluding hydrogens is 363 g/mol. The quantitative estimate of drug-likeness (QED) is 0.806. The zero-order chi connectivity index (χ0) is 14.5. The van der Waals surface area contributed by atoms with Crippen molar-refractivity contribution in [2.45, 2.75) is 45.2 Å². The van der Waals surface area contributed by atoms with E-state index in [9.17, 15) is 4.79 Å². The van der Waals surface area contributed by atoms with Gasteiger partial charge < -0.3 is 10.2 Å². The van der Waals surface area contributed by atoms with E-state index < -0.39 is 0 Å². The van der Waals surface area contributed by atoms with E-state index in [-0.39, 0.29) is 11.9 Å². The van der Waals surface area contributed by atoms with Crippen LogP contribution in [0.15, 0.2) is 24.3 Å². The molecule has 1 unspecified atom stereocenters. The fourth-order valence-corrected chi connectivity index (χ4v) is 2.96. The summed E-state index contributed by atoms with van der Waals surface area (Å²) in [7, 11) is 0. The highest BCUT2D eigenvalue weighted by Gasteiger charge is 2.23. The molecule has 1 aromatic rings. The monoisotopic (exact) mass is 386 g/mol. The third kappa shape index (κ3) is 4.19. The first-order valence-corrected chi connectivity index (χ1v) is 8.45. The van der Waals surface area contributed by atoms with Crippen LogP contribution in [0.1, 0.15) is 43.5 Å². The number of carbonyl (C=O) groups is 1. The zero-order valence-electron chi connectivity index (χ0n) is 12.2. The number of carbonyl (C=O) groups excluding carboxylic acids is 1. The maximum absolute atomic E-state index is 12.7. The summed E-state index contributed by atoms with van der Waals surface area (Å²) in [4.78, 5) is 14.7. The van der Waals surface area contributed by atoms with Crippen LogP contribution in [0, 0.1) is 3.57 Å². The van der Waals surface area contributed by atoms with Crippen LogP contribution in [0.5, 0.6) is 0 Å². The summed E-state index contributed by atoms with van der Waals surface area (Å²) in [6, 6.07) is 8.50. The summed E-state index contributed by atoms with van der Waals surface area (Å²) in [5, 5.41) is 3.52. The Morgan fingerprint density at radius 2 is 2.05 bits per heavy atom. The molecule has 0 spiro atoms. The van der Waals surface area contributed by atoms with Crippen molar-refractivity contribution >= 4 is 28.5 Å². The van der Waals surface area contributed by atoms with Gasteiger partial charge in [-0.2, -0.15) is 0 Å². The van der Waals surface area contributed by atoms with Crippen LogP contribution < -0.4 is 5.32 Å². The Morgan fingerprint density at radius 1 is 1.35 bits per heavy atom. The molecule has 1 atom stereocenters. The zero-order valence-corrected chi connectivity index (χ0v) is 14.4. The van der Waals surface area contributed by atoms with Gasteiger partial charge in [-0.15, -0.1) is 0 Å². The van der Waals surface area contributed by atoms with Crippen molar-refractivity contribution in [1.82, 2.24) is 10.2 Å². The fourth-order valence-electron chi connectivity index (χ4n) is 2.60. The van der Waals surface area contributed by atoms with Gasteiger partial charge in [-0.1, -0.05) is 6.42 Å². The lowest BCUT2D eigenvalue weighted by Crippen LogP contribution is -2.48. The Hall–Kier alpha value is -0.620. The van der Waals surface area contributed by atoms with Gasteiger partial charge in [-0.25, -0.2) is 0 Å². The smallest absolute Gasteiger partial charge is 0.254 e. The number of hydrogen-bond donors (Lipinski definition) is 1. The van der Waals surface area contributed by atoms with Crippen LogP contribution in [0.2, 0.25) is 0 Å². The molecule has 3 nitrogen and oxygen atoms in total. The standard InChI is InChI=1S/C16H23IN2O/c1-12(2)19(11-15-5-3-4-10-18-15)16(20)13-6-8-14(17)9-7-13/h6-9,12,15,18H,3-5,10-11H2,1-2H3. The molecule has 1 aliphatic heterocycles. The van der Waals surface area contributed by atoms with E-state index in [0.29, 0.717) is 6.04 Å². The van der Waals surface area contributed by atoms with Gasteiger partial charge in [-0.05, 0) is 80.1 Å². The third-order valence-corrected chi connectivity index (χ3v) is 4.52. The van der Waals surface area contributed by atoms with Crippen LogP contribution in [0.3, 0.4) is 0 Å². The lowest BCUT2D eigenvalue weighted by atomic mass is 10.0. The summed E-state index contributed by atoms with van der Waals surface area (Å²) in [6.07, 6.45) is 3.69. The Balaban J connectivity index is 2.07. The van der Waals surface area contributed by atoms with Gasteiger partial charge in [0.25, 0.3) is 5.91 Å². The van der Waals surface area contributed by atoms with Gasteiger partial charge in [-0.3, -0.25) is 4.79 Å². The molecule has 0 radical (unpaired) electrons. The second-order valence-electron chi connectivity index (χ2n) is 5.70. The van der Waals surface area contributed by atoms with Crippen LogP contribution in [0.4, 0.5) is 0 Å². The fraction of sp³-hybridized carbons (Fsp3) is 0.562. The molecule has 0 aliphatic carbocycles. The van der Waals surface area contributed by atoms with Gasteiger partial charge in [0.1, 0.15) is 0 Å². The molecule has 20 heavy (non-hydrogen) atoms. The Bertz CT molecular complexity index is 438. The van der Waals surface area contributed by atoms with Crippen LogP contribution in [-0.2, 0) is 0 Å². The maximum Gasteiger partial charge on any atom is 0.254 e. The topological polar surface area (TPSA) is 32.3 Å². The molecule has 1 saturated heterocycles. The van der Waals surface area contributed by atoms with Crippen molar-refractivity contribution in [1.29, 1.82) is 0 Å². The predicted molar refractivity (Wildman–Crippen MR) is 91.0 cm³/mol. The van der Waals surface area contributed by atoms with E-state index in [1.165, 1.54) is 19.3 Å². The average molecular weight is 386 g/mol. The maximum atomic E-state index is 12.7. The number of amides is 1. The van der Waals surface area contributed by atoms with Crippen molar-refractivity contribution in [3.05, 3.63) is 33.4 Å². The molecule has 1 aliphatic rings. The number of rotatable bonds is 4. The van der Waals surface area contributed by atoms with Crippen molar-refractivity contribution in [2.24, 2.45) is 0 Å². The lowest BCUT2D eigenvalue weighted by Gasteiger charge is -2.33. The Morgan fingerprint density at radius 3 is 2.60 bits per heavy atom. The first kappa shape index (κ1) is 15.8. The van der Waals surface area contributed by atoms with E-state index in [4.69, 9.17) is 0 Å². The van der Waals surface area contributed by atoms with Crippen molar-refractivity contribution in [3.63, 3.8) is 0 Å². The second-order valence-corrected chi connectivity index (χ2v) is 6.95. The molecule has 0 saturated carbocycles. The minimum atomic E-state index is 0.142. The first-order chi connectivity index (χ1) is 9.58. The molecule has 1 fully saturated rings. The second kappa shape index (κ2) is 7.41. The minimum absolute atomic E-state index is 0.142. The number of halogens is 1. The molecular formula is C16H23IN2O. The van der Waals surface area contributed by atoms with E-state index >= 15 is 0 Å². The van der Waals surface area contributed by atoms with E-state index in [2.05, 4.69) is 41.8 Å². The SMILES string of the molecule is CC(C)N(CC1CCCCN1)C(=O)c1ccc(I)cc1. The van der Waals surface area contributed by atoms with Gasteiger partial charge in [0.15, 0.2) is 0 Å². The minimum Gasteiger partial charge on any atom is -0.335 e. The highest BCUT2D eigenvalue weighted by molar-refractivity contribution is 14.1. The number of hydrogen-bond acceptors (Lipinski definition) is 2. The van der Waals surface area contributed by atoms with Crippen molar-refractivity contribution < 1.29 is 4.79 Å². The number of piperidine rings is 1. The van der Waals surface area contributed by atoms with Crippen LogP contribution >= 0.6 is 22.6 Å². The van der Waals surface area contributed by atoms with Crippen molar-refractivity contribution in [2.75, 3.05) is 13.1 Å². The molecule has 0 aromatic heterocycles. The molecule has 1 aromatic carbocycles. The molecule has 1 amide bonds. The van der Waals surface area contributed by atoms with Gasteiger partial charge in [0.05, 0.1) is 0 Å². The summed E-state index contributed by atoms with van der Waals surface area (Å²) in [5.41, 5.74) is 0.787. The third-order valence-electron chi connectivity index (χ3n) is 3.80. The highest BCUT2D eigenvalue weighted by Crippen LogP contribution is 2.15. The van der Waals surface area contributed by atoms with Crippen molar-refractivity contribution in [3.8, 4) is 0 Å². The van der Waals surface area contributed by atoms with Gasteiger partial charge in [0.2, 0.25) is 0 Å². The summed E-state index contributed by atoms with van der Waals surface area (Å²) < 4.78 is 1.16. The number of nitrogens with one attached hydrogen (secondary N) is 1. The highest BCUT2D eigenvalue weighted by atomic mass is 127. The number of nitrogens with zero attached hydrogens (tertiary/aromatic N) is 1. The molecule has 110 valence electrons. The molecule has 1 N–H and O–H groups in total. The molecule has 0 bridgehead atoms. The summed E-state index contributed by atoms with van der Waals surface area (Å²) in [5.74, 6) is 0.142. The lowest BCUT2D eigenvalue weighted by molar-refractivity contribution is 0.0677. The summed E-state index contributed by atoms with van der Waals surface area (Å²) >= 11 is 2.26.